The summed E-state index contributed by atoms with van der Waals surface area (Å²) in [6.45, 7) is 5.46. The van der Waals surface area contributed by atoms with Crippen LogP contribution in [-0.2, 0) is 6.54 Å². The van der Waals surface area contributed by atoms with Crippen molar-refractivity contribution >= 4 is 16.8 Å². The van der Waals surface area contributed by atoms with Crippen LogP contribution in [0.25, 0.3) is 11.0 Å². The third kappa shape index (κ3) is 3.67. The predicted molar refractivity (Wildman–Crippen MR) is 111 cm³/mol. The van der Waals surface area contributed by atoms with Crippen LogP contribution in [0.5, 0.6) is 5.75 Å². The van der Waals surface area contributed by atoms with Gasteiger partial charge in [-0.2, -0.15) is 0 Å². The van der Waals surface area contributed by atoms with Gasteiger partial charge in [0.15, 0.2) is 5.78 Å². The van der Waals surface area contributed by atoms with E-state index >= 15 is 0 Å². The lowest BCUT2D eigenvalue weighted by Gasteiger charge is -2.09. The van der Waals surface area contributed by atoms with E-state index in [2.05, 4.69) is 35.5 Å². The number of nitrogens with zero attached hydrogens (tertiary/aromatic N) is 2. The van der Waals surface area contributed by atoms with E-state index in [1.54, 1.807) is 0 Å². The normalized spacial score (nSPS) is 10.9. The van der Waals surface area contributed by atoms with Crippen molar-refractivity contribution in [3.63, 3.8) is 0 Å². The number of aromatic nitrogens is 2. The highest BCUT2D eigenvalue weighted by Crippen LogP contribution is 2.19. The molecule has 28 heavy (non-hydrogen) atoms. The second-order valence-corrected chi connectivity index (χ2v) is 6.93. The van der Waals surface area contributed by atoms with Crippen LogP contribution in [0.1, 0.15) is 27.0 Å². The molecule has 4 nitrogen and oxygen atoms in total. The number of carbonyl (C=O) groups excluding carboxylic acids is 1. The molecule has 0 fully saturated rings. The van der Waals surface area contributed by atoms with Crippen molar-refractivity contribution in [1.29, 1.82) is 0 Å². The largest absolute Gasteiger partial charge is 0.492 e. The number of ether oxygens (including phenoxy) is 1. The molecule has 4 aromatic rings. The van der Waals surface area contributed by atoms with Gasteiger partial charge in [-0.25, -0.2) is 4.98 Å². The highest BCUT2D eigenvalue weighted by molar-refractivity contribution is 6.08. The molecule has 0 saturated carbocycles. The predicted octanol–water partition coefficient (Wildman–Crippen LogP) is 4.96. The van der Waals surface area contributed by atoms with Crippen LogP contribution in [0.4, 0.5) is 0 Å². The highest BCUT2D eigenvalue weighted by atomic mass is 16.5. The van der Waals surface area contributed by atoms with Crippen LogP contribution in [0.15, 0.2) is 73.1 Å². The minimum absolute atomic E-state index is 0.0164. The number of aryl methyl sites for hydroxylation is 2. The first-order valence-corrected chi connectivity index (χ1v) is 9.36. The molecule has 0 radical (unpaired) electrons. The van der Waals surface area contributed by atoms with Crippen LogP contribution < -0.4 is 4.74 Å². The van der Waals surface area contributed by atoms with Crippen LogP contribution in [0.2, 0.25) is 0 Å². The fourth-order valence-electron chi connectivity index (χ4n) is 3.21. The summed E-state index contributed by atoms with van der Waals surface area (Å²) in [4.78, 5) is 16.9. The van der Waals surface area contributed by atoms with E-state index in [0.717, 1.165) is 16.8 Å². The number of fused-ring (bicyclic) bond motifs is 1. The van der Waals surface area contributed by atoms with Crippen molar-refractivity contribution in [2.24, 2.45) is 0 Å². The van der Waals surface area contributed by atoms with Gasteiger partial charge in [-0.3, -0.25) is 4.79 Å². The molecule has 0 bridgehead atoms. The summed E-state index contributed by atoms with van der Waals surface area (Å²) in [5.41, 5.74) is 5.98. The van der Waals surface area contributed by atoms with Gasteiger partial charge in [0.05, 0.1) is 23.9 Å². The molecule has 0 aliphatic carbocycles. The van der Waals surface area contributed by atoms with Gasteiger partial charge in [0.2, 0.25) is 0 Å². The standard InChI is InChI=1S/C24H22N2O2/c1-17-14-22-23(15-18(17)2)26(16-25-22)12-13-28-21-10-8-20(9-11-21)24(27)19-6-4-3-5-7-19/h3-11,14-16H,12-13H2,1-2H3. The summed E-state index contributed by atoms with van der Waals surface area (Å²) < 4.78 is 7.97. The van der Waals surface area contributed by atoms with Crippen LogP contribution >= 0.6 is 0 Å². The molecule has 1 heterocycles. The van der Waals surface area contributed by atoms with Crippen LogP contribution in [-0.4, -0.2) is 21.9 Å². The van der Waals surface area contributed by atoms with Gasteiger partial charge in [0.25, 0.3) is 0 Å². The second kappa shape index (κ2) is 7.69. The summed E-state index contributed by atoms with van der Waals surface area (Å²) in [5.74, 6) is 0.767. The van der Waals surface area contributed by atoms with Crippen molar-refractivity contribution in [3.05, 3.63) is 95.3 Å². The molecule has 4 rings (SSSR count). The molecule has 0 N–H and O–H groups in total. The van der Waals surface area contributed by atoms with Crippen molar-refractivity contribution < 1.29 is 9.53 Å². The maximum absolute atomic E-state index is 12.5. The van der Waals surface area contributed by atoms with Gasteiger partial charge in [0, 0.05) is 11.1 Å². The van der Waals surface area contributed by atoms with Gasteiger partial charge < -0.3 is 9.30 Å². The Hall–Kier alpha value is -3.40. The van der Waals surface area contributed by atoms with E-state index in [9.17, 15) is 4.79 Å². The molecular formula is C24H22N2O2. The lowest BCUT2D eigenvalue weighted by atomic mass is 10.0. The van der Waals surface area contributed by atoms with Gasteiger partial charge in [-0.15, -0.1) is 0 Å². The third-order valence-electron chi connectivity index (χ3n) is 4.99. The smallest absolute Gasteiger partial charge is 0.193 e. The number of rotatable bonds is 6. The summed E-state index contributed by atoms with van der Waals surface area (Å²) in [6.07, 6.45) is 1.86. The quantitative estimate of drug-likeness (QED) is 0.451. The molecule has 0 unspecified atom stereocenters. The topological polar surface area (TPSA) is 44.1 Å². The molecule has 140 valence electrons. The number of carbonyl (C=O) groups is 1. The lowest BCUT2D eigenvalue weighted by Crippen LogP contribution is -2.07. The average Bonchev–Trinajstić information content (AvgIpc) is 3.10. The number of imidazole rings is 1. The molecule has 0 atom stereocenters. The second-order valence-electron chi connectivity index (χ2n) is 6.93. The Bertz CT molecular complexity index is 1110. The zero-order valence-corrected chi connectivity index (χ0v) is 16.1. The first-order valence-electron chi connectivity index (χ1n) is 9.36. The van der Waals surface area contributed by atoms with Gasteiger partial charge in [0.1, 0.15) is 12.4 Å². The first kappa shape index (κ1) is 18.0. The third-order valence-corrected chi connectivity index (χ3v) is 4.99. The monoisotopic (exact) mass is 370 g/mol. The molecular weight excluding hydrogens is 348 g/mol. The molecule has 0 aliphatic rings. The summed E-state index contributed by atoms with van der Waals surface area (Å²) in [6, 6.07) is 20.9. The molecule has 4 heteroatoms. The minimum Gasteiger partial charge on any atom is -0.492 e. The summed E-state index contributed by atoms with van der Waals surface area (Å²) in [5, 5.41) is 0. The average molecular weight is 370 g/mol. The Kier molecular flexibility index (Phi) is 4.94. The Labute approximate surface area is 164 Å². The first-order chi connectivity index (χ1) is 13.6. The van der Waals surface area contributed by atoms with Crippen molar-refractivity contribution in [1.82, 2.24) is 9.55 Å². The number of hydrogen-bond donors (Lipinski definition) is 0. The molecule has 0 aliphatic heterocycles. The number of benzene rings is 3. The van der Waals surface area contributed by atoms with Gasteiger partial charge in [-0.1, -0.05) is 30.3 Å². The van der Waals surface area contributed by atoms with Crippen molar-refractivity contribution in [2.75, 3.05) is 6.61 Å². The Balaban J connectivity index is 1.39. The van der Waals surface area contributed by atoms with Gasteiger partial charge in [-0.05, 0) is 61.4 Å². The maximum atomic E-state index is 12.5. The fourth-order valence-corrected chi connectivity index (χ4v) is 3.21. The summed E-state index contributed by atoms with van der Waals surface area (Å²) in [7, 11) is 0. The van der Waals surface area contributed by atoms with Crippen molar-refractivity contribution in [2.45, 2.75) is 20.4 Å². The van der Waals surface area contributed by atoms with Crippen molar-refractivity contribution in [3.8, 4) is 5.75 Å². The Morgan fingerprint density at radius 3 is 2.36 bits per heavy atom. The highest BCUT2D eigenvalue weighted by Gasteiger charge is 2.09. The maximum Gasteiger partial charge on any atom is 0.193 e. The molecule has 0 spiro atoms. The molecule has 3 aromatic carbocycles. The minimum atomic E-state index is 0.0164. The van der Waals surface area contributed by atoms with Crippen LogP contribution in [0.3, 0.4) is 0 Å². The molecule has 1 aromatic heterocycles. The lowest BCUT2D eigenvalue weighted by molar-refractivity contribution is 0.103. The fraction of sp³-hybridized carbons (Fsp3) is 0.167. The Morgan fingerprint density at radius 2 is 1.61 bits per heavy atom. The van der Waals surface area contributed by atoms with Crippen LogP contribution in [0, 0.1) is 13.8 Å². The summed E-state index contributed by atoms with van der Waals surface area (Å²) >= 11 is 0. The van der Waals surface area contributed by atoms with E-state index in [1.165, 1.54) is 11.1 Å². The zero-order chi connectivity index (χ0) is 19.5. The van der Waals surface area contributed by atoms with E-state index < -0.39 is 0 Å². The van der Waals surface area contributed by atoms with E-state index in [-0.39, 0.29) is 5.78 Å². The SMILES string of the molecule is Cc1cc2ncn(CCOc3ccc(C(=O)c4ccccc4)cc3)c2cc1C. The van der Waals surface area contributed by atoms with E-state index in [4.69, 9.17) is 4.74 Å². The number of hydrogen-bond acceptors (Lipinski definition) is 3. The van der Waals surface area contributed by atoms with E-state index in [0.29, 0.717) is 24.3 Å². The molecule has 0 amide bonds. The zero-order valence-electron chi connectivity index (χ0n) is 16.1. The van der Waals surface area contributed by atoms with Gasteiger partial charge >= 0.3 is 0 Å². The number of ketones is 1. The van der Waals surface area contributed by atoms with E-state index in [1.807, 2.05) is 60.9 Å². The molecule has 0 saturated heterocycles. The Morgan fingerprint density at radius 1 is 0.929 bits per heavy atom.